The van der Waals surface area contributed by atoms with Gasteiger partial charge in [0.2, 0.25) is 0 Å². The van der Waals surface area contributed by atoms with Crippen molar-refractivity contribution in [3.05, 3.63) is 11.9 Å². The Morgan fingerprint density at radius 1 is 1.39 bits per heavy atom. The van der Waals surface area contributed by atoms with Crippen molar-refractivity contribution in [2.24, 2.45) is 0 Å². The Bertz CT molecular complexity index is 447. The summed E-state index contributed by atoms with van der Waals surface area (Å²) in [4.78, 5) is 8.62. The normalized spacial score (nSPS) is 12.7. The maximum absolute atomic E-state index is 9.01. The first-order chi connectivity index (χ1) is 8.36. The van der Waals surface area contributed by atoms with Gasteiger partial charge in [-0.2, -0.15) is 5.26 Å². The molecule has 1 heterocycles. The molecule has 0 spiro atoms. The Labute approximate surface area is 109 Å². The average Bonchev–Trinajstić information content (AvgIpc) is 2.27. The molecule has 0 aliphatic carbocycles. The summed E-state index contributed by atoms with van der Waals surface area (Å²) in [7, 11) is 0. The Morgan fingerprint density at radius 2 is 2.00 bits per heavy atom. The summed E-state index contributed by atoms with van der Waals surface area (Å²) in [6.45, 7) is 9.68. The predicted octanol–water partition coefficient (Wildman–Crippen LogP) is 2.71. The van der Waals surface area contributed by atoms with Gasteiger partial charge in [0.1, 0.15) is 23.0 Å². The van der Waals surface area contributed by atoms with Crippen molar-refractivity contribution in [1.29, 1.82) is 5.26 Å². The van der Waals surface area contributed by atoms with Gasteiger partial charge >= 0.3 is 0 Å². The fourth-order valence-corrected chi connectivity index (χ4v) is 1.41. The molecule has 18 heavy (non-hydrogen) atoms. The zero-order valence-corrected chi connectivity index (χ0v) is 11.7. The van der Waals surface area contributed by atoms with Crippen molar-refractivity contribution in [2.75, 3.05) is 10.6 Å². The number of hydrogen-bond donors (Lipinski definition) is 2. The minimum atomic E-state index is -0.644. The number of nitrogens with one attached hydrogen (secondary N) is 2. The van der Waals surface area contributed by atoms with Crippen molar-refractivity contribution in [1.82, 2.24) is 9.97 Å². The summed E-state index contributed by atoms with van der Waals surface area (Å²) in [5.74, 6) is 2.13. The lowest BCUT2D eigenvalue weighted by molar-refractivity contribution is 0.720. The summed E-state index contributed by atoms with van der Waals surface area (Å²) in [5, 5.41) is 15.4. The summed E-state index contributed by atoms with van der Waals surface area (Å²) >= 11 is 0. The molecule has 0 saturated carbocycles. The maximum atomic E-state index is 9.01. The quantitative estimate of drug-likeness (QED) is 0.837. The molecule has 0 radical (unpaired) electrons. The topological polar surface area (TPSA) is 73.6 Å². The van der Waals surface area contributed by atoms with Gasteiger partial charge in [0.15, 0.2) is 0 Å². The number of rotatable bonds is 5. The van der Waals surface area contributed by atoms with Crippen molar-refractivity contribution in [3.63, 3.8) is 0 Å². The third-order valence-electron chi connectivity index (χ3n) is 2.56. The van der Waals surface area contributed by atoms with Crippen LogP contribution in [0.4, 0.5) is 11.6 Å². The molecule has 1 atom stereocenters. The second-order valence-electron chi connectivity index (χ2n) is 5.00. The summed E-state index contributed by atoms with van der Waals surface area (Å²) < 4.78 is 0. The first-order valence-corrected chi connectivity index (χ1v) is 6.18. The fourth-order valence-electron chi connectivity index (χ4n) is 1.41. The van der Waals surface area contributed by atoms with Gasteiger partial charge in [-0.05, 0) is 34.1 Å². The van der Waals surface area contributed by atoms with E-state index in [0.29, 0.717) is 17.7 Å². The number of nitriles is 1. The molecule has 5 heteroatoms. The molecule has 0 aromatic carbocycles. The number of hydrogen-bond acceptors (Lipinski definition) is 5. The number of aryl methyl sites for hydroxylation is 1. The maximum Gasteiger partial charge on any atom is 0.133 e. The van der Waals surface area contributed by atoms with Crippen LogP contribution in [0.25, 0.3) is 0 Å². The third kappa shape index (κ3) is 4.21. The molecule has 0 saturated heterocycles. The molecule has 0 aliphatic heterocycles. The van der Waals surface area contributed by atoms with Crippen LogP contribution in [0.3, 0.4) is 0 Å². The van der Waals surface area contributed by atoms with E-state index in [9.17, 15) is 0 Å². The van der Waals surface area contributed by atoms with E-state index in [1.165, 1.54) is 0 Å². The molecular formula is C13H21N5. The van der Waals surface area contributed by atoms with E-state index in [2.05, 4.69) is 40.5 Å². The van der Waals surface area contributed by atoms with Gasteiger partial charge in [-0.15, -0.1) is 0 Å². The summed E-state index contributed by atoms with van der Waals surface area (Å²) in [6, 6.07) is 4.38. The van der Waals surface area contributed by atoms with Crippen LogP contribution in [0.5, 0.6) is 0 Å². The lowest BCUT2D eigenvalue weighted by Crippen LogP contribution is -2.29. The van der Waals surface area contributed by atoms with Crippen molar-refractivity contribution < 1.29 is 0 Å². The first-order valence-electron chi connectivity index (χ1n) is 6.18. The zero-order valence-electron chi connectivity index (χ0n) is 11.7. The van der Waals surface area contributed by atoms with Gasteiger partial charge in [0.05, 0.1) is 6.07 Å². The van der Waals surface area contributed by atoms with E-state index in [0.717, 1.165) is 12.2 Å². The van der Waals surface area contributed by atoms with Crippen LogP contribution in [0.1, 0.15) is 39.9 Å². The Hall–Kier alpha value is -1.83. The predicted molar refractivity (Wildman–Crippen MR) is 73.5 cm³/mol. The van der Waals surface area contributed by atoms with Gasteiger partial charge in [-0.3, -0.25) is 0 Å². The van der Waals surface area contributed by atoms with Gasteiger partial charge in [0.25, 0.3) is 0 Å². The molecule has 2 N–H and O–H groups in total. The van der Waals surface area contributed by atoms with E-state index < -0.39 is 5.54 Å². The Kier molecular flexibility index (Phi) is 4.49. The molecule has 5 nitrogen and oxygen atoms in total. The van der Waals surface area contributed by atoms with Crippen LogP contribution in [-0.2, 0) is 0 Å². The minimum absolute atomic E-state index is 0.358. The van der Waals surface area contributed by atoms with E-state index in [1.807, 2.05) is 26.8 Å². The van der Waals surface area contributed by atoms with Crippen LogP contribution >= 0.6 is 0 Å². The zero-order chi connectivity index (χ0) is 13.8. The van der Waals surface area contributed by atoms with Crippen LogP contribution in [0, 0.1) is 18.3 Å². The molecule has 0 bridgehead atoms. The van der Waals surface area contributed by atoms with Crippen molar-refractivity contribution in [2.45, 2.75) is 52.6 Å². The van der Waals surface area contributed by atoms with Crippen LogP contribution in [-0.4, -0.2) is 21.5 Å². The van der Waals surface area contributed by atoms with E-state index in [4.69, 9.17) is 5.26 Å². The molecule has 0 fully saturated rings. The third-order valence-corrected chi connectivity index (χ3v) is 2.56. The molecule has 1 unspecified atom stereocenters. The Morgan fingerprint density at radius 3 is 2.56 bits per heavy atom. The van der Waals surface area contributed by atoms with E-state index in [1.54, 1.807) is 0 Å². The Balaban J connectivity index is 2.91. The summed E-state index contributed by atoms with van der Waals surface area (Å²) in [5.41, 5.74) is -0.644. The highest BCUT2D eigenvalue weighted by atomic mass is 15.1. The molecule has 0 amide bonds. The number of nitrogens with zero attached hydrogens (tertiary/aromatic N) is 3. The molecule has 1 aromatic heterocycles. The average molecular weight is 247 g/mol. The second-order valence-corrected chi connectivity index (χ2v) is 5.00. The minimum Gasteiger partial charge on any atom is -0.367 e. The molecule has 98 valence electrons. The smallest absolute Gasteiger partial charge is 0.133 e. The number of aromatic nitrogens is 2. The van der Waals surface area contributed by atoms with E-state index in [-0.39, 0.29) is 0 Å². The lowest BCUT2D eigenvalue weighted by atomic mass is 10.1. The second kappa shape index (κ2) is 5.67. The molecule has 1 rings (SSSR count). The molecular weight excluding hydrogens is 226 g/mol. The highest BCUT2D eigenvalue weighted by Gasteiger charge is 2.17. The SMILES string of the molecule is CCC(C)Nc1cc(NC(C)(C)C#N)nc(C)n1. The molecule has 0 aliphatic rings. The largest absolute Gasteiger partial charge is 0.367 e. The lowest BCUT2D eigenvalue weighted by Gasteiger charge is -2.19. The van der Waals surface area contributed by atoms with Gasteiger partial charge in [0, 0.05) is 12.1 Å². The highest BCUT2D eigenvalue weighted by Crippen LogP contribution is 2.16. The fraction of sp³-hybridized carbons (Fsp3) is 0.615. The number of anilines is 2. The van der Waals surface area contributed by atoms with Crippen LogP contribution < -0.4 is 10.6 Å². The molecule has 1 aromatic rings. The van der Waals surface area contributed by atoms with Crippen molar-refractivity contribution >= 4 is 11.6 Å². The highest BCUT2D eigenvalue weighted by molar-refractivity contribution is 5.50. The summed E-state index contributed by atoms with van der Waals surface area (Å²) in [6.07, 6.45) is 1.02. The van der Waals surface area contributed by atoms with Gasteiger partial charge in [-0.1, -0.05) is 6.92 Å². The van der Waals surface area contributed by atoms with Gasteiger partial charge < -0.3 is 10.6 Å². The van der Waals surface area contributed by atoms with Crippen LogP contribution in [0.2, 0.25) is 0 Å². The van der Waals surface area contributed by atoms with Crippen LogP contribution in [0.15, 0.2) is 6.07 Å². The standard InChI is InChI=1S/C13H21N5/c1-6-9(2)15-11-7-12(17-10(3)16-11)18-13(4,5)8-14/h7,9H,6H2,1-5H3,(H2,15,16,17,18). The monoisotopic (exact) mass is 247 g/mol. The first kappa shape index (κ1) is 14.2. The van der Waals surface area contributed by atoms with Crippen molar-refractivity contribution in [3.8, 4) is 6.07 Å². The van der Waals surface area contributed by atoms with Gasteiger partial charge in [-0.25, -0.2) is 9.97 Å². The van der Waals surface area contributed by atoms with E-state index >= 15 is 0 Å².